The minimum absolute atomic E-state index is 0.00260. The number of rotatable bonds is 8. The number of carbonyl (C=O) groups is 5. The van der Waals surface area contributed by atoms with Crippen molar-refractivity contribution < 1.29 is 41.9 Å². The van der Waals surface area contributed by atoms with Crippen LogP contribution < -0.4 is 10.6 Å². The molecule has 2 N–H and O–H groups in total. The minimum Gasteiger partial charge on any atom is -0.452 e. The number of hydrogen-bond acceptors (Lipinski definition) is 6. The summed E-state index contributed by atoms with van der Waals surface area (Å²) in [6.07, 6.45) is 1.38. The molecule has 0 saturated heterocycles. The monoisotopic (exact) mass is 475 g/mol. The molecule has 4 amide bonds. The molecule has 0 unspecified atom stereocenters. The van der Waals surface area contributed by atoms with Gasteiger partial charge < -0.3 is 15.4 Å². The molecule has 176 valence electrons. The summed E-state index contributed by atoms with van der Waals surface area (Å²) in [6, 6.07) is 5.14. The Labute approximate surface area is 190 Å². The van der Waals surface area contributed by atoms with E-state index in [2.05, 4.69) is 11.9 Å². The molecule has 0 bridgehead atoms. The van der Waals surface area contributed by atoms with Gasteiger partial charge in [0.1, 0.15) is 0 Å². The van der Waals surface area contributed by atoms with E-state index in [9.17, 15) is 37.1 Å². The van der Waals surface area contributed by atoms with Gasteiger partial charge in [0.15, 0.2) is 24.1 Å². The lowest BCUT2D eigenvalue weighted by Crippen LogP contribution is -2.35. The van der Waals surface area contributed by atoms with Gasteiger partial charge in [-0.05, 0) is 30.3 Å². The molecule has 0 fully saturated rings. The Bertz CT molecular complexity index is 1230. The molecule has 0 atom stereocenters. The lowest BCUT2D eigenvalue weighted by Gasteiger charge is -2.09. The van der Waals surface area contributed by atoms with Crippen molar-refractivity contribution in [3.63, 3.8) is 0 Å². The molecule has 1 aliphatic heterocycles. The number of hydrogen-bond donors (Lipinski definition) is 2. The molecule has 0 aromatic heterocycles. The first-order valence-electron chi connectivity index (χ1n) is 9.62. The van der Waals surface area contributed by atoms with Crippen LogP contribution in [0.5, 0.6) is 0 Å². The van der Waals surface area contributed by atoms with E-state index in [-0.39, 0.29) is 23.2 Å². The number of nitrogens with zero attached hydrogens (tertiary/aromatic N) is 1. The lowest BCUT2D eigenvalue weighted by atomic mass is 10.1. The maximum Gasteiger partial charge on any atom is 0.338 e. The number of imide groups is 1. The molecule has 0 aliphatic carbocycles. The summed E-state index contributed by atoms with van der Waals surface area (Å²) in [5.41, 5.74) is -0.586. The van der Waals surface area contributed by atoms with E-state index in [4.69, 9.17) is 4.74 Å². The Morgan fingerprint density at radius 2 is 1.68 bits per heavy atom. The topological polar surface area (TPSA) is 122 Å². The van der Waals surface area contributed by atoms with Crippen LogP contribution in [0.2, 0.25) is 0 Å². The smallest absolute Gasteiger partial charge is 0.338 e. The van der Waals surface area contributed by atoms with E-state index in [1.54, 1.807) is 0 Å². The van der Waals surface area contributed by atoms with Gasteiger partial charge >= 0.3 is 5.97 Å². The molecule has 1 heterocycles. The van der Waals surface area contributed by atoms with Gasteiger partial charge in [-0.3, -0.25) is 24.1 Å². The van der Waals surface area contributed by atoms with Crippen LogP contribution in [-0.4, -0.2) is 54.2 Å². The van der Waals surface area contributed by atoms with E-state index < -0.39 is 65.9 Å². The van der Waals surface area contributed by atoms with Gasteiger partial charge in [0.2, 0.25) is 5.91 Å². The summed E-state index contributed by atoms with van der Waals surface area (Å²) in [4.78, 5) is 61.3. The molecule has 2 aromatic carbocycles. The lowest BCUT2D eigenvalue weighted by molar-refractivity contribution is -0.126. The second kappa shape index (κ2) is 9.98. The van der Waals surface area contributed by atoms with Gasteiger partial charge in [-0.1, -0.05) is 6.08 Å². The van der Waals surface area contributed by atoms with Crippen LogP contribution in [0.25, 0.3) is 0 Å². The van der Waals surface area contributed by atoms with Crippen molar-refractivity contribution in [1.29, 1.82) is 0 Å². The quantitative estimate of drug-likeness (QED) is 0.260. The van der Waals surface area contributed by atoms with E-state index in [1.165, 1.54) is 24.3 Å². The van der Waals surface area contributed by atoms with E-state index in [0.29, 0.717) is 6.07 Å². The average molecular weight is 475 g/mol. The molecule has 0 radical (unpaired) electrons. The number of nitrogens with one attached hydrogen (secondary N) is 2. The Morgan fingerprint density at radius 1 is 0.971 bits per heavy atom. The molecule has 0 saturated carbocycles. The highest BCUT2D eigenvalue weighted by Gasteiger charge is 2.35. The van der Waals surface area contributed by atoms with Gasteiger partial charge in [0.25, 0.3) is 17.7 Å². The fourth-order valence-electron chi connectivity index (χ4n) is 2.97. The number of carbonyl (C=O) groups excluding carboxylic acids is 5. The zero-order valence-corrected chi connectivity index (χ0v) is 17.3. The van der Waals surface area contributed by atoms with Crippen LogP contribution >= 0.6 is 0 Å². The largest absolute Gasteiger partial charge is 0.452 e. The average Bonchev–Trinajstić information content (AvgIpc) is 3.06. The predicted octanol–water partition coefficient (Wildman–Crippen LogP) is 1.80. The third kappa shape index (κ3) is 4.95. The zero-order chi connectivity index (χ0) is 25.0. The van der Waals surface area contributed by atoms with Crippen molar-refractivity contribution in [2.75, 3.05) is 25.0 Å². The van der Waals surface area contributed by atoms with Crippen molar-refractivity contribution in [2.45, 2.75) is 0 Å². The third-order valence-electron chi connectivity index (χ3n) is 4.61. The number of ether oxygens (including phenoxy) is 1. The van der Waals surface area contributed by atoms with E-state index in [0.717, 1.165) is 11.0 Å². The zero-order valence-electron chi connectivity index (χ0n) is 17.3. The Hall–Kier alpha value is -4.48. The van der Waals surface area contributed by atoms with Crippen LogP contribution in [0.15, 0.2) is 43.0 Å². The van der Waals surface area contributed by atoms with Gasteiger partial charge in [0, 0.05) is 6.54 Å². The summed E-state index contributed by atoms with van der Waals surface area (Å²) >= 11 is 0. The van der Waals surface area contributed by atoms with Gasteiger partial charge in [-0.25, -0.2) is 18.0 Å². The first-order chi connectivity index (χ1) is 16.1. The summed E-state index contributed by atoms with van der Waals surface area (Å²) < 4.78 is 44.5. The number of halogens is 3. The maximum atomic E-state index is 13.6. The summed E-state index contributed by atoms with van der Waals surface area (Å²) in [7, 11) is 0. The number of anilines is 1. The first kappa shape index (κ1) is 24.2. The molecule has 12 heteroatoms. The number of esters is 1. The van der Waals surface area contributed by atoms with Crippen LogP contribution in [0.1, 0.15) is 31.1 Å². The van der Waals surface area contributed by atoms with Gasteiger partial charge in [-0.15, -0.1) is 6.58 Å². The molecule has 34 heavy (non-hydrogen) atoms. The maximum absolute atomic E-state index is 13.6. The van der Waals surface area contributed by atoms with Crippen molar-refractivity contribution in [2.24, 2.45) is 0 Å². The standard InChI is InChI=1S/C22H16F3N3O6/c1-2-7-28-20(31)12-4-3-11(8-13(12)21(28)32)22(33)34-10-17(30)26-9-16(29)27-15-6-5-14(23)18(24)19(15)25/h2-6,8H,1,7,9-10H2,(H,26,30)(H,27,29). The Balaban J connectivity index is 1.51. The highest BCUT2D eigenvalue weighted by Crippen LogP contribution is 2.24. The van der Waals surface area contributed by atoms with Crippen LogP contribution in [0, 0.1) is 17.5 Å². The summed E-state index contributed by atoms with van der Waals surface area (Å²) in [6.45, 7) is 2.00. The second-order valence-electron chi connectivity index (χ2n) is 6.89. The van der Waals surface area contributed by atoms with E-state index >= 15 is 0 Å². The highest BCUT2D eigenvalue weighted by molar-refractivity contribution is 6.22. The molecule has 1 aliphatic rings. The Morgan fingerprint density at radius 3 is 2.38 bits per heavy atom. The first-order valence-corrected chi connectivity index (χ1v) is 9.62. The number of fused-ring (bicyclic) bond motifs is 1. The van der Waals surface area contributed by atoms with Crippen molar-refractivity contribution in [1.82, 2.24) is 10.2 Å². The summed E-state index contributed by atoms with van der Waals surface area (Å²) in [5, 5.41) is 4.05. The number of amides is 4. The molecular weight excluding hydrogens is 459 g/mol. The van der Waals surface area contributed by atoms with Crippen molar-refractivity contribution in [3.05, 3.63) is 77.1 Å². The third-order valence-corrected chi connectivity index (χ3v) is 4.61. The second-order valence-corrected chi connectivity index (χ2v) is 6.89. The van der Waals surface area contributed by atoms with Crippen molar-refractivity contribution >= 4 is 35.3 Å². The fourth-order valence-corrected chi connectivity index (χ4v) is 2.97. The number of benzene rings is 2. The van der Waals surface area contributed by atoms with Gasteiger partial charge in [-0.2, -0.15) is 0 Å². The normalized spacial score (nSPS) is 12.3. The van der Waals surface area contributed by atoms with E-state index in [1.807, 2.05) is 5.32 Å². The summed E-state index contributed by atoms with van der Waals surface area (Å²) in [5.74, 6) is -8.73. The molecule has 9 nitrogen and oxygen atoms in total. The molecule has 2 aromatic rings. The predicted molar refractivity (Wildman–Crippen MR) is 110 cm³/mol. The molecule has 3 rings (SSSR count). The highest BCUT2D eigenvalue weighted by atomic mass is 19.2. The van der Waals surface area contributed by atoms with Crippen LogP contribution in [0.3, 0.4) is 0 Å². The fraction of sp³-hybridized carbons (Fsp3) is 0.136. The van der Waals surface area contributed by atoms with Crippen molar-refractivity contribution in [3.8, 4) is 0 Å². The molecular formula is C22H16F3N3O6. The van der Waals surface area contributed by atoms with Crippen LogP contribution in [-0.2, 0) is 14.3 Å². The minimum atomic E-state index is -1.76. The molecule has 0 spiro atoms. The van der Waals surface area contributed by atoms with Crippen LogP contribution in [0.4, 0.5) is 18.9 Å². The SMILES string of the molecule is C=CCN1C(=O)c2ccc(C(=O)OCC(=O)NCC(=O)Nc3ccc(F)c(F)c3F)cc2C1=O. The Kier molecular flexibility index (Phi) is 7.09. The van der Waals surface area contributed by atoms with Gasteiger partial charge in [0.05, 0.1) is 28.9 Å².